The Balaban J connectivity index is 1.89. The average molecular weight is 469 g/mol. The molecule has 3 rings (SSSR count). The Morgan fingerprint density at radius 1 is 1.03 bits per heavy atom. The molecule has 0 saturated heterocycles. The topological polar surface area (TPSA) is 16.1 Å². The lowest BCUT2D eigenvalue weighted by Gasteiger charge is -2.26. The number of unbranched alkanes of at least 4 members (excludes halogenated alkanes) is 1. The molecular formula is C23H26ClF3N3S+. The van der Waals surface area contributed by atoms with E-state index in [4.69, 9.17) is 16.6 Å². The van der Waals surface area contributed by atoms with Crippen LogP contribution in [0.15, 0.2) is 53.9 Å². The minimum absolute atomic E-state index is 0.493. The second-order valence-corrected chi connectivity index (χ2v) is 9.72. The number of thiazole rings is 1. The molecule has 0 N–H and O–H groups in total. The Morgan fingerprint density at radius 2 is 1.77 bits per heavy atom. The molecule has 8 heteroatoms. The van der Waals surface area contributed by atoms with Gasteiger partial charge in [-0.15, -0.1) is 11.3 Å². The molecule has 0 amide bonds. The molecule has 0 aliphatic heterocycles. The molecular weight excluding hydrogens is 443 g/mol. The zero-order valence-electron chi connectivity index (χ0n) is 17.8. The van der Waals surface area contributed by atoms with Crippen LogP contribution in [0.25, 0.3) is 11.3 Å². The largest absolute Gasteiger partial charge is 0.416 e. The van der Waals surface area contributed by atoms with Gasteiger partial charge in [0.05, 0.1) is 38.9 Å². The van der Waals surface area contributed by atoms with Crippen LogP contribution < -0.4 is 4.90 Å². The molecule has 2 aromatic carbocycles. The first kappa shape index (κ1) is 23.6. The molecule has 0 bridgehead atoms. The normalized spacial score (nSPS) is 12.2. The fraction of sp³-hybridized carbons (Fsp3) is 0.348. The van der Waals surface area contributed by atoms with Gasteiger partial charge in [-0.1, -0.05) is 29.8 Å². The number of benzene rings is 2. The van der Waals surface area contributed by atoms with Gasteiger partial charge in [-0.05, 0) is 43.2 Å². The summed E-state index contributed by atoms with van der Waals surface area (Å²) in [6.45, 7) is 1.58. The molecule has 0 unspecified atom stereocenters. The molecule has 1 heterocycles. The summed E-state index contributed by atoms with van der Waals surface area (Å²) < 4.78 is 40.7. The Bertz CT molecular complexity index is 1010. The van der Waals surface area contributed by atoms with Gasteiger partial charge in [-0.25, -0.2) is 4.98 Å². The Kier molecular flexibility index (Phi) is 7.29. The molecule has 1 aromatic heterocycles. The second kappa shape index (κ2) is 9.59. The van der Waals surface area contributed by atoms with Crippen LogP contribution in [0.3, 0.4) is 0 Å². The lowest BCUT2D eigenvalue weighted by Crippen LogP contribution is -2.35. The van der Waals surface area contributed by atoms with E-state index in [9.17, 15) is 13.2 Å². The summed E-state index contributed by atoms with van der Waals surface area (Å²) in [4.78, 5) is 6.60. The molecule has 0 aliphatic carbocycles. The van der Waals surface area contributed by atoms with Crippen molar-refractivity contribution in [2.75, 3.05) is 39.1 Å². The lowest BCUT2D eigenvalue weighted by atomic mass is 10.1. The van der Waals surface area contributed by atoms with E-state index in [-0.39, 0.29) is 0 Å². The summed E-state index contributed by atoms with van der Waals surface area (Å²) in [5.74, 6) is 0. The van der Waals surface area contributed by atoms with Gasteiger partial charge in [0.2, 0.25) is 0 Å². The van der Waals surface area contributed by atoms with Crippen molar-refractivity contribution in [3.63, 3.8) is 0 Å². The predicted octanol–water partition coefficient (Wildman–Crippen LogP) is 7.11. The Hall–Kier alpha value is -2.09. The number of hydrogen-bond acceptors (Lipinski definition) is 3. The maximum Gasteiger partial charge on any atom is 0.416 e. The number of alkyl halides is 3. The first-order chi connectivity index (χ1) is 14.5. The van der Waals surface area contributed by atoms with Gasteiger partial charge in [-0.3, -0.25) is 0 Å². The summed E-state index contributed by atoms with van der Waals surface area (Å²) in [6.07, 6.45) is -2.58. The van der Waals surface area contributed by atoms with Gasteiger partial charge >= 0.3 is 6.18 Å². The minimum Gasteiger partial charge on any atom is -0.331 e. The summed E-state index contributed by atoms with van der Waals surface area (Å²) in [6, 6.07) is 12.8. The minimum atomic E-state index is -4.39. The Labute approximate surface area is 190 Å². The molecule has 0 saturated carbocycles. The van der Waals surface area contributed by atoms with Gasteiger partial charge in [0.15, 0.2) is 5.13 Å². The highest BCUT2D eigenvalue weighted by Crippen LogP contribution is 2.36. The van der Waals surface area contributed by atoms with Crippen molar-refractivity contribution >= 4 is 33.8 Å². The van der Waals surface area contributed by atoms with Crippen LogP contribution in [-0.4, -0.2) is 43.7 Å². The molecule has 0 fully saturated rings. The van der Waals surface area contributed by atoms with Gasteiger partial charge in [0.25, 0.3) is 0 Å². The van der Waals surface area contributed by atoms with E-state index >= 15 is 0 Å². The van der Waals surface area contributed by atoms with Crippen molar-refractivity contribution in [1.29, 1.82) is 0 Å². The molecule has 0 spiro atoms. The third kappa shape index (κ3) is 6.69. The van der Waals surface area contributed by atoms with Crippen molar-refractivity contribution < 1.29 is 17.7 Å². The number of nitrogens with zero attached hydrogens (tertiary/aromatic N) is 3. The number of aromatic nitrogens is 1. The van der Waals surface area contributed by atoms with E-state index in [1.807, 2.05) is 28.5 Å². The Morgan fingerprint density at radius 3 is 2.45 bits per heavy atom. The molecule has 3 aromatic rings. The summed E-state index contributed by atoms with van der Waals surface area (Å²) in [5, 5.41) is 3.19. The second-order valence-electron chi connectivity index (χ2n) is 8.45. The maximum absolute atomic E-state index is 13.3. The lowest BCUT2D eigenvalue weighted by molar-refractivity contribution is -0.870. The smallest absolute Gasteiger partial charge is 0.331 e. The van der Waals surface area contributed by atoms with Crippen molar-refractivity contribution in [1.82, 2.24) is 4.98 Å². The SMILES string of the molecule is C[N+](C)(C)CCCCN(c1cccc(C(F)(F)F)c1)c1nc(-c2cccc(Cl)c2)cs1. The van der Waals surface area contributed by atoms with Crippen LogP contribution in [-0.2, 0) is 6.18 Å². The predicted molar refractivity (Wildman–Crippen MR) is 123 cm³/mol. The molecule has 0 aliphatic rings. The zero-order valence-corrected chi connectivity index (χ0v) is 19.4. The first-order valence-corrected chi connectivity index (χ1v) is 11.3. The van der Waals surface area contributed by atoms with Gasteiger partial charge in [-0.2, -0.15) is 13.2 Å². The standard InChI is InChI=1S/C23H26ClF3N3S/c1-30(2,3)13-5-4-12-29(20-11-7-9-18(15-20)23(25,26)27)22-28-21(16-31-22)17-8-6-10-19(24)14-17/h6-11,14-16H,4-5,12-13H2,1-3H3/q+1. The molecule has 0 atom stereocenters. The third-order valence-electron chi connectivity index (χ3n) is 4.79. The fourth-order valence-electron chi connectivity index (χ4n) is 3.21. The van der Waals surface area contributed by atoms with Crippen LogP contribution in [0.4, 0.5) is 24.0 Å². The maximum atomic E-state index is 13.3. The van der Waals surface area contributed by atoms with Crippen molar-refractivity contribution in [2.24, 2.45) is 0 Å². The highest BCUT2D eigenvalue weighted by Gasteiger charge is 2.31. The number of anilines is 2. The molecule has 31 heavy (non-hydrogen) atoms. The van der Waals surface area contributed by atoms with Crippen LogP contribution in [0.2, 0.25) is 5.02 Å². The molecule has 166 valence electrons. The van der Waals surface area contributed by atoms with Crippen LogP contribution in [0, 0.1) is 0 Å². The van der Waals surface area contributed by atoms with Crippen molar-refractivity contribution in [3.8, 4) is 11.3 Å². The van der Waals surface area contributed by atoms with Crippen LogP contribution in [0.1, 0.15) is 18.4 Å². The monoisotopic (exact) mass is 468 g/mol. The molecule has 0 radical (unpaired) electrons. The van der Waals surface area contributed by atoms with E-state index in [1.54, 1.807) is 12.1 Å². The van der Waals surface area contributed by atoms with E-state index in [2.05, 4.69) is 21.1 Å². The number of hydrogen-bond donors (Lipinski definition) is 0. The highest BCUT2D eigenvalue weighted by atomic mass is 35.5. The number of quaternary nitrogens is 1. The number of halogens is 4. The summed E-state index contributed by atoms with van der Waals surface area (Å²) >= 11 is 7.52. The highest BCUT2D eigenvalue weighted by molar-refractivity contribution is 7.14. The third-order valence-corrected chi connectivity index (χ3v) is 5.89. The quantitative estimate of drug-likeness (QED) is 0.259. The van der Waals surface area contributed by atoms with E-state index in [0.29, 0.717) is 22.4 Å². The fourth-order valence-corrected chi connectivity index (χ4v) is 4.28. The van der Waals surface area contributed by atoms with Crippen LogP contribution in [0.5, 0.6) is 0 Å². The molecule has 3 nitrogen and oxygen atoms in total. The summed E-state index contributed by atoms with van der Waals surface area (Å²) in [7, 11) is 6.38. The van der Waals surface area contributed by atoms with Crippen molar-refractivity contribution in [2.45, 2.75) is 19.0 Å². The van der Waals surface area contributed by atoms with Crippen LogP contribution >= 0.6 is 22.9 Å². The van der Waals surface area contributed by atoms with Crippen molar-refractivity contribution in [3.05, 3.63) is 64.5 Å². The zero-order chi connectivity index (χ0) is 22.6. The summed E-state index contributed by atoms with van der Waals surface area (Å²) in [5.41, 5.74) is 1.47. The van der Waals surface area contributed by atoms with Gasteiger partial charge in [0.1, 0.15) is 0 Å². The van der Waals surface area contributed by atoms with E-state index in [0.717, 1.165) is 41.2 Å². The number of rotatable bonds is 8. The average Bonchev–Trinajstić information content (AvgIpc) is 3.16. The van der Waals surface area contributed by atoms with Gasteiger partial charge < -0.3 is 9.38 Å². The van der Waals surface area contributed by atoms with E-state index < -0.39 is 11.7 Å². The van der Waals surface area contributed by atoms with Gasteiger partial charge in [0, 0.05) is 28.2 Å². The van der Waals surface area contributed by atoms with E-state index in [1.165, 1.54) is 23.5 Å². The first-order valence-electron chi connectivity index (χ1n) is 10.00.